The minimum atomic E-state index is 0.380. The number of aromatic nitrogens is 3. The van der Waals surface area contributed by atoms with Gasteiger partial charge in [-0.1, -0.05) is 194 Å². The number of allylic oxidation sites excluding steroid dienone is 1. The highest BCUT2D eigenvalue weighted by atomic mass is 15.0. The van der Waals surface area contributed by atoms with Gasteiger partial charge in [-0.2, -0.15) is 0 Å². The van der Waals surface area contributed by atoms with E-state index in [0.717, 1.165) is 66.9 Å². The van der Waals surface area contributed by atoms with Crippen LogP contribution in [-0.4, -0.2) is 20.7 Å². The van der Waals surface area contributed by atoms with E-state index in [-0.39, 0.29) is 0 Å². The maximum absolute atomic E-state index is 10.0. The largest absolute Gasteiger partial charge is 0.354 e. The molecule has 5 heteroatoms. The summed E-state index contributed by atoms with van der Waals surface area (Å²) in [7, 11) is 0. The molecule has 0 saturated heterocycles. The molecule has 0 unspecified atom stereocenters. The van der Waals surface area contributed by atoms with Gasteiger partial charge < -0.3 is 5.32 Å². The second-order valence-electron chi connectivity index (χ2n) is 15.2. The summed E-state index contributed by atoms with van der Waals surface area (Å²) in [5.74, 6) is 1.70. The van der Waals surface area contributed by atoms with Crippen LogP contribution >= 0.6 is 0 Å². The number of rotatable bonds is 7. The van der Waals surface area contributed by atoms with Crippen LogP contribution in [-0.2, 0) is 0 Å². The molecule has 9 aromatic carbocycles. The van der Waals surface area contributed by atoms with Gasteiger partial charge in [0.05, 0.1) is 11.4 Å². The summed E-state index contributed by atoms with van der Waals surface area (Å²) in [6.07, 6.45) is 2.18. The number of hydrogen-bond donors (Lipinski definition) is 2. The molecule has 0 amide bonds. The predicted octanol–water partition coefficient (Wildman–Crippen LogP) is 13.4. The Morgan fingerprint density at radius 1 is 0.377 bits per heavy atom. The molecule has 0 fully saturated rings. The minimum Gasteiger partial charge on any atom is -0.354 e. The van der Waals surface area contributed by atoms with Crippen LogP contribution in [0, 0.1) is 5.41 Å². The van der Waals surface area contributed by atoms with E-state index in [1.54, 1.807) is 0 Å². The van der Waals surface area contributed by atoms with E-state index < -0.39 is 0 Å². The van der Waals surface area contributed by atoms with E-state index in [1.165, 1.54) is 26.9 Å². The first-order valence-corrected chi connectivity index (χ1v) is 20.4. The molecular weight excluding hydrogens is 743 g/mol. The van der Waals surface area contributed by atoms with Crippen LogP contribution in [0.3, 0.4) is 0 Å². The topological polar surface area (TPSA) is 74.6 Å². The van der Waals surface area contributed by atoms with E-state index in [2.05, 4.69) is 127 Å². The lowest BCUT2D eigenvalue weighted by Crippen LogP contribution is -2.20. The molecule has 1 aliphatic rings. The first kappa shape index (κ1) is 35.8. The summed E-state index contributed by atoms with van der Waals surface area (Å²) >= 11 is 0. The molecule has 0 spiro atoms. The van der Waals surface area contributed by atoms with Crippen LogP contribution in [0.1, 0.15) is 27.8 Å². The SMILES string of the molecule is N=C(/C(=C1\NC(c2ccccc2)=Cc2ccccc21)c1ccccc1)c1cccc(-c2nc(-c3ccccc3)nc(-c3ccc4c5ccccc5c5ccccc5c4c3)n2)c1. The molecular formula is C56H37N5. The van der Waals surface area contributed by atoms with Gasteiger partial charge in [0.2, 0.25) is 0 Å². The molecule has 1 aromatic heterocycles. The fourth-order valence-corrected chi connectivity index (χ4v) is 8.59. The summed E-state index contributed by atoms with van der Waals surface area (Å²) < 4.78 is 0. The van der Waals surface area contributed by atoms with Crippen molar-refractivity contribution in [2.24, 2.45) is 0 Å². The lowest BCUT2D eigenvalue weighted by Gasteiger charge is -2.26. The minimum absolute atomic E-state index is 0.380. The van der Waals surface area contributed by atoms with Gasteiger partial charge in [0.1, 0.15) is 0 Å². The first-order valence-electron chi connectivity index (χ1n) is 20.4. The standard InChI is InChI=1S/C56H37N5/c57-52(51(37-19-6-2-7-20-37)53-43-26-11-10-23-39(43)35-50(58-53)36-17-4-1-5-18-36)40-24-16-25-41(33-40)55-59-54(38-21-8-3-9-22-38)60-56(61-55)42-31-32-48-46-29-13-12-27-44(46)45-28-14-15-30-47(45)49(48)34-42/h1-35,57-58H/b53-51-,57-52?. The highest BCUT2D eigenvalue weighted by Gasteiger charge is 2.24. The average Bonchev–Trinajstić information content (AvgIpc) is 3.34. The summed E-state index contributed by atoms with van der Waals surface area (Å²) in [5.41, 5.74) is 10.5. The highest BCUT2D eigenvalue weighted by molar-refractivity contribution is 6.36. The monoisotopic (exact) mass is 779 g/mol. The Morgan fingerprint density at radius 2 is 0.852 bits per heavy atom. The van der Waals surface area contributed by atoms with Gasteiger partial charge in [-0.3, -0.25) is 5.41 Å². The number of fused-ring (bicyclic) bond motifs is 7. The quantitative estimate of drug-likeness (QED) is 0.125. The van der Waals surface area contributed by atoms with Crippen molar-refractivity contribution in [2.45, 2.75) is 0 Å². The lowest BCUT2D eigenvalue weighted by molar-refractivity contribution is 1.07. The molecule has 0 aliphatic carbocycles. The van der Waals surface area contributed by atoms with Gasteiger partial charge >= 0.3 is 0 Å². The zero-order valence-corrected chi connectivity index (χ0v) is 33.0. The van der Waals surface area contributed by atoms with Crippen molar-refractivity contribution in [1.29, 1.82) is 5.41 Å². The van der Waals surface area contributed by atoms with E-state index in [0.29, 0.717) is 23.2 Å². The second-order valence-corrected chi connectivity index (χ2v) is 15.2. The third-order valence-electron chi connectivity index (χ3n) is 11.5. The van der Waals surface area contributed by atoms with Crippen molar-refractivity contribution in [3.05, 3.63) is 234 Å². The third kappa shape index (κ3) is 6.55. The molecule has 0 saturated carbocycles. The van der Waals surface area contributed by atoms with Crippen molar-refractivity contribution >= 4 is 61.1 Å². The van der Waals surface area contributed by atoms with Crippen molar-refractivity contribution in [3.8, 4) is 34.2 Å². The van der Waals surface area contributed by atoms with Gasteiger partial charge in [0, 0.05) is 39.1 Å². The second kappa shape index (κ2) is 15.1. The summed E-state index contributed by atoms with van der Waals surface area (Å²) in [6, 6.07) is 70.8. The van der Waals surface area contributed by atoms with Gasteiger partial charge in [-0.15, -0.1) is 0 Å². The van der Waals surface area contributed by atoms with Gasteiger partial charge in [0.15, 0.2) is 17.5 Å². The molecule has 0 bridgehead atoms. The summed E-state index contributed by atoms with van der Waals surface area (Å²) in [6.45, 7) is 0. The van der Waals surface area contributed by atoms with Gasteiger partial charge in [0.25, 0.3) is 0 Å². The summed E-state index contributed by atoms with van der Waals surface area (Å²) in [5, 5.41) is 21.0. The zero-order valence-electron chi connectivity index (χ0n) is 33.0. The van der Waals surface area contributed by atoms with Crippen LogP contribution in [0.15, 0.2) is 206 Å². The third-order valence-corrected chi connectivity index (χ3v) is 11.5. The van der Waals surface area contributed by atoms with Crippen molar-refractivity contribution < 1.29 is 0 Å². The Hall–Kier alpha value is -8.28. The van der Waals surface area contributed by atoms with Crippen LogP contribution in [0.25, 0.3) is 89.5 Å². The molecule has 5 nitrogen and oxygen atoms in total. The van der Waals surface area contributed by atoms with Gasteiger partial charge in [-0.05, 0) is 67.2 Å². The molecule has 0 radical (unpaired) electrons. The predicted molar refractivity (Wildman–Crippen MR) is 253 cm³/mol. The molecule has 286 valence electrons. The number of hydrogen-bond acceptors (Lipinski definition) is 5. The maximum atomic E-state index is 10.0. The Labute approximate surface area is 353 Å². The Balaban J connectivity index is 1.07. The average molecular weight is 780 g/mol. The van der Waals surface area contributed by atoms with E-state index in [4.69, 9.17) is 15.0 Å². The van der Waals surface area contributed by atoms with Gasteiger partial charge in [-0.25, -0.2) is 15.0 Å². The fourth-order valence-electron chi connectivity index (χ4n) is 8.59. The number of benzene rings is 9. The Kier molecular flexibility index (Phi) is 8.90. The molecule has 2 heterocycles. The number of nitrogens with one attached hydrogen (secondary N) is 2. The van der Waals surface area contributed by atoms with Crippen LogP contribution < -0.4 is 5.32 Å². The highest BCUT2D eigenvalue weighted by Crippen LogP contribution is 2.39. The van der Waals surface area contributed by atoms with E-state index in [1.807, 2.05) is 91.0 Å². The van der Waals surface area contributed by atoms with Crippen molar-refractivity contribution in [3.63, 3.8) is 0 Å². The molecule has 10 aromatic rings. The lowest BCUT2D eigenvalue weighted by atomic mass is 9.87. The van der Waals surface area contributed by atoms with Crippen LogP contribution in [0.5, 0.6) is 0 Å². The molecule has 11 rings (SSSR count). The Bertz CT molecular complexity index is 3350. The smallest absolute Gasteiger partial charge is 0.164 e. The first-order chi connectivity index (χ1) is 30.2. The Morgan fingerprint density at radius 3 is 1.51 bits per heavy atom. The molecule has 1 aliphatic heterocycles. The van der Waals surface area contributed by atoms with Crippen LogP contribution in [0.2, 0.25) is 0 Å². The van der Waals surface area contributed by atoms with Crippen LogP contribution in [0.4, 0.5) is 0 Å². The number of nitrogens with zero attached hydrogens (tertiary/aromatic N) is 3. The van der Waals surface area contributed by atoms with Crippen molar-refractivity contribution in [1.82, 2.24) is 20.3 Å². The van der Waals surface area contributed by atoms with E-state index >= 15 is 0 Å². The zero-order chi connectivity index (χ0) is 40.7. The fraction of sp³-hybridized carbons (Fsp3) is 0. The maximum Gasteiger partial charge on any atom is 0.164 e. The van der Waals surface area contributed by atoms with E-state index in [9.17, 15) is 5.41 Å². The summed E-state index contributed by atoms with van der Waals surface area (Å²) in [4.78, 5) is 15.4. The molecule has 2 N–H and O–H groups in total. The molecule has 61 heavy (non-hydrogen) atoms. The molecule has 0 atom stereocenters. The normalized spacial score (nSPS) is 13.1. The van der Waals surface area contributed by atoms with Crippen molar-refractivity contribution in [2.75, 3.05) is 0 Å².